The van der Waals surface area contributed by atoms with Crippen LogP contribution in [0.3, 0.4) is 0 Å². The summed E-state index contributed by atoms with van der Waals surface area (Å²) in [5.41, 5.74) is 1.29. The van der Waals surface area contributed by atoms with Crippen LogP contribution in [-0.2, 0) is 6.42 Å². The maximum absolute atomic E-state index is 12.6. The van der Waals surface area contributed by atoms with Crippen molar-refractivity contribution >= 4 is 5.91 Å². The number of ether oxygens (including phenoxy) is 1. The van der Waals surface area contributed by atoms with Gasteiger partial charge in [-0.3, -0.25) is 4.79 Å². The summed E-state index contributed by atoms with van der Waals surface area (Å²) in [6.07, 6.45) is 3.87. The molecule has 0 aliphatic rings. The first-order valence-corrected chi connectivity index (χ1v) is 8.01. The van der Waals surface area contributed by atoms with Crippen LogP contribution in [0.5, 0.6) is 5.75 Å². The molecule has 1 heterocycles. The first-order valence-electron chi connectivity index (χ1n) is 8.01. The zero-order valence-electron chi connectivity index (χ0n) is 13.7. The third-order valence-corrected chi connectivity index (χ3v) is 3.80. The second kappa shape index (κ2) is 8.24. The predicted octanol–water partition coefficient (Wildman–Crippen LogP) is 3.72. The number of carbonyl (C=O) groups excluding carboxylic acids is 1. The van der Waals surface area contributed by atoms with Gasteiger partial charge >= 0.3 is 6.61 Å². The second-order valence-corrected chi connectivity index (χ2v) is 5.58. The number of nitrogens with zero attached hydrogens (tertiary/aromatic N) is 1. The van der Waals surface area contributed by atoms with Crippen molar-refractivity contribution in [3.05, 3.63) is 83.9 Å². The molecule has 0 saturated carbocycles. The van der Waals surface area contributed by atoms with Crippen molar-refractivity contribution in [1.29, 1.82) is 0 Å². The van der Waals surface area contributed by atoms with Gasteiger partial charge < -0.3 is 15.0 Å². The number of rotatable bonds is 7. The van der Waals surface area contributed by atoms with Gasteiger partial charge in [0.2, 0.25) is 0 Å². The predicted molar refractivity (Wildman–Crippen MR) is 92.0 cm³/mol. The zero-order chi connectivity index (χ0) is 18.4. The number of H-pyrrole nitrogens is 1. The molecule has 26 heavy (non-hydrogen) atoms. The summed E-state index contributed by atoms with van der Waals surface area (Å²) in [6.45, 7) is -2.90. The molecule has 0 spiro atoms. The number of amides is 1. The molecular formula is C19H17F2N3O2. The number of aromatic nitrogens is 2. The lowest BCUT2D eigenvalue weighted by molar-refractivity contribution is -0.0498. The molecule has 0 fully saturated rings. The molecule has 3 rings (SSSR count). The Morgan fingerprint density at radius 3 is 2.46 bits per heavy atom. The third kappa shape index (κ3) is 4.66. The van der Waals surface area contributed by atoms with Crippen molar-refractivity contribution in [3.8, 4) is 5.75 Å². The van der Waals surface area contributed by atoms with Gasteiger partial charge in [-0.1, -0.05) is 30.3 Å². The van der Waals surface area contributed by atoms with E-state index in [-0.39, 0.29) is 17.7 Å². The van der Waals surface area contributed by atoms with Crippen LogP contribution in [0.25, 0.3) is 0 Å². The average molecular weight is 357 g/mol. The minimum absolute atomic E-state index is 0.00625. The Bertz CT molecular complexity index is 822. The first kappa shape index (κ1) is 17.6. The molecule has 1 aromatic heterocycles. The molecule has 5 nitrogen and oxygen atoms in total. The number of hydrogen-bond acceptors (Lipinski definition) is 3. The highest BCUT2D eigenvalue weighted by Crippen LogP contribution is 2.19. The largest absolute Gasteiger partial charge is 0.435 e. The van der Waals surface area contributed by atoms with Gasteiger partial charge in [-0.25, -0.2) is 4.98 Å². The molecule has 1 atom stereocenters. The molecule has 1 amide bonds. The van der Waals surface area contributed by atoms with Crippen molar-refractivity contribution in [2.75, 3.05) is 0 Å². The van der Waals surface area contributed by atoms with Crippen molar-refractivity contribution in [2.24, 2.45) is 0 Å². The van der Waals surface area contributed by atoms with Crippen LogP contribution in [0.2, 0.25) is 0 Å². The second-order valence-electron chi connectivity index (χ2n) is 5.58. The van der Waals surface area contributed by atoms with Gasteiger partial charge in [0.25, 0.3) is 5.91 Å². The number of imidazole rings is 1. The zero-order valence-corrected chi connectivity index (χ0v) is 13.7. The normalized spacial score (nSPS) is 12.0. The van der Waals surface area contributed by atoms with Gasteiger partial charge in [0.05, 0.1) is 6.04 Å². The maximum atomic E-state index is 12.6. The molecule has 0 aliphatic carbocycles. The van der Waals surface area contributed by atoms with E-state index in [4.69, 9.17) is 0 Å². The molecule has 134 valence electrons. The van der Waals surface area contributed by atoms with Crippen molar-refractivity contribution in [2.45, 2.75) is 19.1 Å². The van der Waals surface area contributed by atoms with E-state index in [9.17, 15) is 13.6 Å². The number of halogens is 2. The summed E-state index contributed by atoms with van der Waals surface area (Å²) in [6, 6.07) is 14.8. The van der Waals surface area contributed by atoms with E-state index >= 15 is 0 Å². The van der Waals surface area contributed by atoms with Crippen LogP contribution in [0.15, 0.2) is 67.0 Å². The molecular weight excluding hydrogens is 340 g/mol. The topological polar surface area (TPSA) is 67.0 Å². The molecule has 7 heteroatoms. The Morgan fingerprint density at radius 2 is 1.85 bits per heavy atom. The average Bonchev–Trinajstić information content (AvgIpc) is 3.15. The van der Waals surface area contributed by atoms with E-state index in [0.717, 1.165) is 11.4 Å². The summed E-state index contributed by atoms with van der Waals surface area (Å²) in [7, 11) is 0. The lowest BCUT2D eigenvalue weighted by atomic mass is 10.0. The van der Waals surface area contributed by atoms with Gasteiger partial charge in [0, 0.05) is 24.4 Å². The number of hydrogen-bond donors (Lipinski definition) is 2. The molecule has 0 aliphatic heterocycles. The third-order valence-electron chi connectivity index (χ3n) is 3.80. The Labute approximate surface area is 149 Å². The number of carbonyl (C=O) groups is 1. The van der Waals surface area contributed by atoms with Gasteiger partial charge in [0.1, 0.15) is 11.6 Å². The lowest BCUT2D eigenvalue weighted by Gasteiger charge is -2.18. The van der Waals surface area contributed by atoms with E-state index < -0.39 is 6.61 Å². The fraction of sp³-hybridized carbons (Fsp3) is 0.158. The Kier molecular flexibility index (Phi) is 5.58. The first-order chi connectivity index (χ1) is 12.6. The molecule has 0 unspecified atom stereocenters. The van der Waals surface area contributed by atoms with Gasteiger partial charge in [-0.15, -0.1) is 0 Å². The summed E-state index contributed by atoms with van der Waals surface area (Å²) in [5.74, 6) is 0.445. The number of alkyl halides is 2. The van der Waals surface area contributed by atoms with Crippen LogP contribution < -0.4 is 10.1 Å². The Morgan fingerprint density at radius 1 is 1.12 bits per heavy atom. The van der Waals surface area contributed by atoms with E-state index in [1.54, 1.807) is 12.4 Å². The summed E-state index contributed by atoms with van der Waals surface area (Å²) in [5, 5.41) is 2.96. The molecule has 3 aromatic rings. The van der Waals surface area contributed by atoms with Crippen molar-refractivity contribution in [3.63, 3.8) is 0 Å². The minimum atomic E-state index is -2.90. The molecule has 2 aromatic carbocycles. The van der Waals surface area contributed by atoms with E-state index in [1.165, 1.54) is 24.3 Å². The fourth-order valence-electron chi connectivity index (χ4n) is 2.57. The molecule has 0 radical (unpaired) electrons. The highest BCUT2D eigenvalue weighted by atomic mass is 19.3. The number of benzene rings is 2. The molecule has 0 saturated heterocycles. The quantitative estimate of drug-likeness (QED) is 0.677. The van der Waals surface area contributed by atoms with Crippen LogP contribution in [-0.4, -0.2) is 22.5 Å². The SMILES string of the molecule is O=C(N[C@H](Cc1ncc[nH]1)c1ccccc1)c1ccc(OC(F)F)cc1. The van der Waals surface area contributed by atoms with Crippen LogP contribution in [0.1, 0.15) is 27.8 Å². The summed E-state index contributed by atoms with van der Waals surface area (Å²) >= 11 is 0. The molecule has 0 bridgehead atoms. The highest BCUT2D eigenvalue weighted by molar-refractivity contribution is 5.94. The molecule has 2 N–H and O–H groups in total. The summed E-state index contributed by atoms with van der Waals surface area (Å²) in [4.78, 5) is 19.8. The van der Waals surface area contributed by atoms with E-state index in [2.05, 4.69) is 20.0 Å². The van der Waals surface area contributed by atoms with Gasteiger partial charge in [-0.2, -0.15) is 8.78 Å². The van der Waals surface area contributed by atoms with E-state index in [1.807, 2.05) is 30.3 Å². The van der Waals surface area contributed by atoms with E-state index in [0.29, 0.717) is 12.0 Å². The Hall–Kier alpha value is -3.22. The van der Waals surface area contributed by atoms with Crippen molar-refractivity contribution < 1.29 is 18.3 Å². The number of aromatic amines is 1. The fourth-order valence-corrected chi connectivity index (χ4v) is 2.57. The summed E-state index contributed by atoms with van der Waals surface area (Å²) < 4.78 is 28.7. The smallest absolute Gasteiger partial charge is 0.387 e. The maximum Gasteiger partial charge on any atom is 0.387 e. The lowest BCUT2D eigenvalue weighted by Crippen LogP contribution is -2.30. The minimum Gasteiger partial charge on any atom is -0.435 e. The number of nitrogens with one attached hydrogen (secondary N) is 2. The van der Waals surface area contributed by atoms with Crippen LogP contribution >= 0.6 is 0 Å². The van der Waals surface area contributed by atoms with Gasteiger partial charge in [-0.05, 0) is 29.8 Å². The monoisotopic (exact) mass is 357 g/mol. The van der Waals surface area contributed by atoms with Crippen LogP contribution in [0, 0.1) is 0 Å². The Balaban J connectivity index is 1.74. The van der Waals surface area contributed by atoms with Gasteiger partial charge in [0.15, 0.2) is 0 Å². The highest BCUT2D eigenvalue weighted by Gasteiger charge is 2.17. The standard InChI is InChI=1S/C19H17F2N3O2/c20-19(21)26-15-8-6-14(7-9-15)18(25)24-16(12-17-22-10-11-23-17)13-4-2-1-3-5-13/h1-11,16,19H,12H2,(H,22,23)(H,24,25)/t16-/m1/s1. The van der Waals surface area contributed by atoms with Crippen LogP contribution in [0.4, 0.5) is 8.78 Å². The van der Waals surface area contributed by atoms with Crippen molar-refractivity contribution in [1.82, 2.24) is 15.3 Å².